The third kappa shape index (κ3) is 3.83. The first-order valence-corrected chi connectivity index (χ1v) is 8.79. The van der Waals surface area contributed by atoms with Gasteiger partial charge in [-0.25, -0.2) is 0 Å². The van der Waals surface area contributed by atoms with E-state index in [-0.39, 0.29) is 23.8 Å². The molecule has 6 heteroatoms. The number of hydrogen-bond acceptors (Lipinski definition) is 4. The zero-order chi connectivity index (χ0) is 17.0. The van der Waals surface area contributed by atoms with Crippen molar-refractivity contribution in [3.63, 3.8) is 0 Å². The SMILES string of the molecule is O=C(NC(C(=O)NCC1(CO)CC1)c1ccccc1)c1cccs1. The summed E-state index contributed by atoms with van der Waals surface area (Å²) >= 11 is 1.33. The van der Waals surface area contributed by atoms with Crippen LogP contribution >= 0.6 is 11.3 Å². The van der Waals surface area contributed by atoms with Crippen LogP contribution in [0.2, 0.25) is 0 Å². The van der Waals surface area contributed by atoms with Crippen LogP contribution in [-0.2, 0) is 4.79 Å². The van der Waals surface area contributed by atoms with Crippen molar-refractivity contribution in [3.05, 3.63) is 58.3 Å². The van der Waals surface area contributed by atoms with Gasteiger partial charge in [-0.05, 0) is 29.9 Å². The van der Waals surface area contributed by atoms with Gasteiger partial charge in [0.2, 0.25) is 5.91 Å². The van der Waals surface area contributed by atoms with E-state index < -0.39 is 6.04 Å². The van der Waals surface area contributed by atoms with Crippen LogP contribution in [0.15, 0.2) is 47.8 Å². The maximum atomic E-state index is 12.6. The van der Waals surface area contributed by atoms with E-state index in [0.717, 1.165) is 18.4 Å². The summed E-state index contributed by atoms with van der Waals surface area (Å²) < 4.78 is 0. The van der Waals surface area contributed by atoms with Crippen LogP contribution in [0.25, 0.3) is 0 Å². The summed E-state index contributed by atoms with van der Waals surface area (Å²) in [5.41, 5.74) is 0.558. The maximum absolute atomic E-state index is 12.6. The molecule has 3 rings (SSSR count). The highest BCUT2D eigenvalue weighted by Crippen LogP contribution is 2.44. The number of rotatable bonds is 7. The fourth-order valence-electron chi connectivity index (χ4n) is 2.50. The first-order chi connectivity index (χ1) is 11.6. The smallest absolute Gasteiger partial charge is 0.262 e. The minimum Gasteiger partial charge on any atom is -0.396 e. The van der Waals surface area contributed by atoms with Crippen molar-refractivity contribution in [2.45, 2.75) is 18.9 Å². The van der Waals surface area contributed by atoms with Crippen molar-refractivity contribution in [1.29, 1.82) is 0 Å². The van der Waals surface area contributed by atoms with Gasteiger partial charge in [0.15, 0.2) is 0 Å². The molecule has 0 bridgehead atoms. The molecule has 0 spiro atoms. The third-order valence-corrected chi connectivity index (χ3v) is 5.21. The van der Waals surface area contributed by atoms with Crippen molar-refractivity contribution >= 4 is 23.2 Å². The number of nitrogens with one attached hydrogen (secondary N) is 2. The van der Waals surface area contributed by atoms with Gasteiger partial charge in [-0.2, -0.15) is 0 Å². The summed E-state index contributed by atoms with van der Waals surface area (Å²) in [6.45, 7) is 0.505. The molecule has 1 aromatic carbocycles. The number of benzene rings is 1. The minimum absolute atomic E-state index is 0.0742. The summed E-state index contributed by atoms with van der Waals surface area (Å²) in [6.07, 6.45) is 1.84. The molecule has 1 fully saturated rings. The average molecular weight is 344 g/mol. The molecular weight excluding hydrogens is 324 g/mol. The summed E-state index contributed by atoms with van der Waals surface area (Å²) in [7, 11) is 0. The van der Waals surface area contributed by atoms with Crippen LogP contribution in [0.1, 0.15) is 34.1 Å². The van der Waals surface area contributed by atoms with Gasteiger partial charge in [-0.1, -0.05) is 36.4 Å². The Bertz CT molecular complexity index is 696. The van der Waals surface area contributed by atoms with E-state index >= 15 is 0 Å². The number of thiophene rings is 1. The first-order valence-electron chi connectivity index (χ1n) is 7.91. The predicted molar refractivity (Wildman–Crippen MR) is 92.7 cm³/mol. The molecule has 2 aromatic rings. The van der Waals surface area contributed by atoms with Crippen LogP contribution in [0, 0.1) is 5.41 Å². The second kappa shape index (κ2) is 7.15. The normalized spacial score (nSPS) is 16.2. The molecule has 3 N–H and O–H groups in total. The summed E-state index contributed by atoms with van der Waals surface area (Å²) in [4.78, 5) is 25.5. The van der Waals surface area contributed by atoms with Gasteiger partial charge in [-0.15, -0.1) is 11.3 Å². The van der Waals surface area contributed by atoms with Crippen LogP contribution in [0.4, 0.5) is 0 Å². The molecule has 5 nitrogen and oxygen atoms in total. The zero-order valence-corrected chi connectivity index (χ0v) is 14.0. The molecule has 126 valence electrons. The monoisotopic (exact) mass is 344 g/mol. The predicted octanol–water partition coefficient (Wildman–Crippen LogP) is 2.11. The van der Waals surface area contributed by atoms with Crippen LogP contribution in [-0.4, -0.2) is 30.1 Å². The standard InChI is InChI=1S/C18H20N2O3S/c21-12-18(8-9-18)11-19-17(23)15(13-5-2-1-3-6-13)20-16(22)14-7-4-10-24-14/h1-7,10,15,21H,8-9,11-12H2,(H,19,23)(H,20,22). The fraction of sp³-hybridized carbons (Fsp3) is 0.333. The number of carbonyl (C=O) groups is 2. The summed E-state index contributed by atoms with van der Waals surface area (Å²) in [6, 6.07) is 11.9. The highest BCUT2D eigenvalue weighted by atomic mass is 32.1. The van der Waals surface area contributed by atoms with Crippen LogP contribution in [0.5, 0.6) is 0 Å². The molecule has 1 heterocycles. The van der Waals surface area contributed by atoms with Crippen LogP contribution in [0.3, 0.4) is 0 Å². The van der Waals surface area contributed by atoms with E-state index in [9.17, 15) is 14.7 Å². The Morgan fingerprint density at radius 2 is 1.92 bits per heavy atom. The van der Waals surface area contributed by atoms with Crippen molar-refractivity contribution in [2.75, 3.05) is 13.2 Å². The number of amides is 2. The molecule has 0 radical (unpaired) electrons. The van der Waals surface area contributed by atoms with Gasteiger partial charge in [0.1, 0.15) is 6.04 Å². The highest BCUT2D eigenvalue weighted by Gasteiger charge is 2.42. The van der Waals surface area contributed by atoms with Crippen LogP contribution < -0.4 is 10.6 Å². The lowest BCUT2D eigenvalue weighted by molar-refractivity contribution is -0.123. The molecular formula is C18H20N2O3S. The summed E-state index contributed by atoms with van der Waals surface area (Å²) in [5, 5.41) is 16.9. The van der Waals surface area contributed by atoms with E-state index in [1.165, 1.54) is 11.3 Å². The lowest BCUT2D eigenvalue weighted by atomic mass is 10.0. The van der Waals surface area contributed by atoms with Gasteiger partial charge < -0.3 is 15.7 Å². The van der Waals surface area contributed by atoms with E-state index in [4.69, 9.17) is 0 Å². The van der Waals surface area contributed by atoms with Crippen molar-refractivity contribution in [1.82, 2.24) is 10.6 Å². The van der Waals surface area contributed by atoms with Gasteiger partial charge in [0, 0.05) is 12.0 Å². The largest absolute Gasteiger partial charge is 0.396 e. The first kappa shape index (κ1) is 16.7. The zero-order valence-electron chi connectivity index (χ0n) is 13.2. The number of carbonyl (C=O) groups excluding carboxylic acids is 2. The third-order valence-electron chi connectivity index (χ3n) is 4.35. The van der Waals surface area contributed by atoms with Gasteiger partial charge in [0.25, 0.3) is 5.91 Å². The molecule has 1 unspecified atom stereocenters. The van der Waals surface area contributed by atoms with E-state index in [0.29, 0.717) is 11.4 Å². The van der Waals surface area contributed by atoms with Crippen molar-refractivity contribution in [3.8, 4) is 0 Å². The molecule has 1 aliphatic carbocycles. The van der Waals surface area contributed by atoms with E-state index in [1.807, 2.05) is 35.7 Å². The second-order valence-corrected chi connectivity index (χ2v) is 7.12. The lowest BCUT2D eigenvalue weighted by Gasteiger charge is -2.20. The molecule has 1 aromatic heterocycles. The van der Waals surface area contributed by atoms with Gasteiger partial charge in [-0.3, -0.25) is 9.59 Å². The van der Waals surface area contributed by atoms with E-state index in [2.05, 4.69) is 10.6 Å². The van der Waals surface area contributed by atoms with Gasteiger partial charge >= 0.3 is 0 Å². The Hall–Kier alpha value is -2.18. The Morgan fingerprint density at radius 1 is 1.17 bits per heavy atom. The van der Waals surface area contributed by atoms with Crippen molar-refractivity contribution < 1.29 is 14.7 Å². The van der Waals surface area contributed by atoms with E-state index in [1.54, 1.807) is 12.1 Å². The second-order valence-electron chi connectivity index (χ2n) is 6.17. The Kier molecular flexibility index (Phi) is 4.97. The van der Waals surface area contributed by atoms with Crippen molar-refractivity contribution in [2.24, 2.45) is 5.41 Å². The molecule has 1 aliphatic rings. The lowest BCUT2D eigenvalue weighted by Crippen LogP contribution is -2.42. The summed E-state index contributed by atoms with van der Waals surface area (Å²) in [5.74, 6) is -0.525. The molecule has 1 saturated carbocycles. The number of aliphatic hydroxyl groups excluding tert-OH is 1. The highest BCUT2D eigenvalue weighted by molar-refractivity contribution is 7.12. The molecule has 1 atom stereocenters. The Labute approximate surface area is 144 Å². The van der Waals surface area contributed by atoms with Gasteiger partial charge in [0.05, 0.1) is 11.5 Å². The molecule has 24 heavy (non-hydrogen) atoms. The topological polar surface area (TPSA) is 78.4 Å². The number of hydrogen-bond donors (Lipinski definition) is 3. The fourth-order valence-corrected chi connectivity index (χ4v) is 3.13. The molecule has 2 amide bonds. The molecule has 0 saturated heterocycles. The minimum atomic E-state index is -0.754. The number of aliphatic hydroxyl groups is 1. The maximum Gasteiger partial charge on any atom is 0.262 e. The quantitative estimate of drug-likeness (QED) is 0.720. The Morgan fingerprint density at radius 3 is 2.50 bits per heavy atom. The average Bonchev–Trinajstić information content (AvgIpc) is 3.19. The molecule has 0 aliphatic heterocycles. The Balaban J connectivity index is 1.72.